The SMILES string of the molecule is CC(C)(C)O[C@H]1C[C@H](OC2CCN(CCOC3CN(C(C)(C)C)C3)CC2)C1. The van der Waals surface area contributed by atoms with Crippen LogP contribution in [-0.4, -0.2) is 84.7 Å². The van der Waals surface area contributed by atoms with Crippen molar-refractivity contribution in [1.82, 2.24) is 9.80 Å². The predicted octanol–water partition coefficient (Wildman–Crippen LogP) is 3.31. The maximum absolute atomic E-state index is 6.29. The molecule has 5 heteroatoms. The normalized spacial score (nSPS) is 29.6. The molecule has 0 radical (unpaired) electrons. The van der Waals surface area contributed by atoms with Crippen LogP contribution >= 0.6 is 0 Å². The van der Waals surface area contributed by atoms with E-state index in [0.29, 0.717) is 24.4 Å². The van der Waals surface area contributed by atoms with Gasteiger partial charge in [0.05, 0.1) is 36.6 Å². The largest absolute Gasteiger partial charge is 0.375 e. The number of hydrogen-bond acceptors (Lipinski definition) is 5. The molecule has 0 aromatic heterocycles. The first-order valence-electron chi connectivity index (χ1n) is 11.0. The van der Waals surface area contributed by atoms with Gasteiger partial charge in [-0.05, 0) is 67.2 Å². The molecule has 0 N–H and O–H groups in total. The van der Waals surface area contributed by atoms with Gasteiger partial charge in [0.1, 0.15) is 0 Å². The van der Waals surface area contributed by atoms with Gasteiger partial charge in [0, 0.05) is 38.3 Å². The highest BCUT2D eigenvalue weighted by molar-refractivity contribution is 4.89. The van der Waals surface area contributed by atoms with Gasteiger partial charge in [0.2, 0.25) is 0 Å². The van der Waals surface area contributed by atoms with Crippen molar-refractivity contribution in [2.24, 2.45) is 0 Å². The zero-order chi connectivity index (χ0) is 19.7. The summed E-state index contributed by atoms with van der Waals surface area (Å²) in [6.07, 6.45) is 6.14. The van der Waals surface area contributed by atoms with Crippen molar-refractivity contribution in [3.63, 3.8) is 0 Å². The first-order chi connectivity index (χ1) is 12.6. The van der Waals surface area contributed by atoms with E-state index >= 15 is 0 Å². The molecule has 3 rings (SSSR count). The van der Waals surface area contributed by atoms with E-state index in [1.165, 1.54) is 0 Å². The van der Waals surface area contributed by atoms with Gasteiger partial charge in [0.25, 0.3) is 0 Å². The topological polar surface area (TPSA) is 34.2 Å². The van der Waals surface area contributed by atoms with Gasteiger partial charge in [-0.25, -0.2) is 0 Å². The molecule has 27 heavy (non-hydrogen) atoms. The van der Waals surface area contributed by atoms with Crippen LogP contribution in [0.3, 0.4) is 0 Å². The molecular formula is C22H42N2O3. The smallest absolute Gasteiger partial charge is 0.0829 e. The maximum atomic E-state index is 6.29. The first kappa shape index (κ1) is 21.5. The standard InChI is InChI=1S/C22H42N2O3/c1-21(2,3)24-15-20(16-24)25-12-11-23-9-7-17(8-10-23)26-18-13-19(14-18)27-22(4,5)6/h17-20H,7-16H2,1-6H3/t18-,19-. The molecule has 1 saturated carbocycles. The minimum atomic E-state index is -0.0342. The fourth-order valence-electron chi connectivity index (χ4n) is 4.21. The quantitative estimate of drug-likeness (QED) is 0.675. The van der Waals surface area contributed by atoms with Crippen LogP contribution in [-0.2, 0) is 14.2 Å². The number of rotatable bonds is 7. The lowest BCUT2D eigenvalue weighted by atomic mass is 9.90. The molecule has 2 heterocycles. The summed E-state index contributed by atoms with van der Waals surface area (Å²) in [5.74, 6) is 0. The minimum Gasteiger partial charge on any atom is -0.375 e. The van der Waals surface area contributed by atoms with Crippen molar-refractivity contribution in [2.75, 3.05) is 39.3 Å². The minimum absolute atomic E-state index is 0.0342. The molecule has 2 aliphatic heterocycles. The molecule has 0 atom stereocenters. The van der Waals surface area contributed by atoms with E-state index in [9.17, 15) is 0 Å². The Balaban J connectivity index is 1.20. The second-order valence-corrected chi connectivity index (χ2v) is 10.7. The Kier molecular flexibility index (Phi) is 6.90. The third kappa shape index (κ3) is 6.67. The zero-order valence-electron chi connectivity index (χ0n) is 18.5. The summed E-state index contributed by atoms with van der Waals surface area (Å²) in [6, 6.07) is 0. The Hall–Kier alpha value is -0.200. The Morgan fingerprint density at radius 3 is 2.00 bits per heavy atom. The van der Waals surface area contributed by atoms with E-state index in [-0.39, 0.29) is 11.1 Å². The number of likely N-dealkylation sites (tertiary alicyclic amines) is 2. The molecule has 3 aliphatic rings. The number of ether oxygens (including phenoxy) is 3. The third-order valence-electron chi connectivity index (χ3n) is 6.05. The van der Waals surface area contributed by atoms with Crippen molar-refractivity contribution in [3.05, 3.63) is 0 Å². The van der Waals surface area contributed by atoms with Gasteiger partial charge in [0.15, 0.2) is 0 Å². The van der Waals surface area contributed by atoms with Crippen LogP contribution < -0.4 is 0 Å². The summed E-state index contributed by atoms with van der Waals surface area (Å²) in [6.45, 7) is 19.6. The van der Waals surface area contributed by atoms with Crippen LogP contribution in [0.2, 0.25) is 0 Å². The van der Waals surface area contributed by atoms with Gasteiger partial charge in [-0.1, -0.05) is 0 Å². The molecule has 158 valence electrons. The van der Waals surface area contributed by atoms with Crippen LogP contribution in [0.1, 0.15) is 67.2 Å². The van der Waals surface area contributed by atoms with E-state index < -0.39 is 0 Å². The average molecular weight is 383 g/mol. The first-order valence-corrected chi connectivity index (χ1v) is 11.0. The van der Waals surface area contributed by atoms with E-state index in [1.54, 1.807) is 0 Å². The molecule has 0 spiro atoms. The molecule has 0 amide bonds. The van der Waals surface area contributed by atoms with Crippen LogP contribution in [0.4, 0.5) is 0 Å². The lowest BCUT2D eigenvalue weighted by molar-refractivity contribution is -0.168. The second-order valence-electron chi connectivity index (χ2n) is 10.7. The fourth-order valence-corrected chi connectivity index (χ4v) is 4.21. The van der Waals surface area contributed by atoms with Gasteiger partial charge >= 0.3 is 0 Å². The van der Waals surface area contributed by atoms with Gasteiger partial charge in [-0.3, -0.25) is 4.90 Å². The summed E-state index contributed by atoms with van der Waals surface area (Å²) in [7, 11) is 0. The third-order valence-corrected chi connectivity index (χ3v) is 6.05. The van der Waals surface area contributed by atoms with E-state index in [0.717, 1.165) is 65.0 Å². The van der Waals surface area contributed by atoms with Crippen molar-refractivity contribution in [1.29, 1.82) is 0 Å². The molecule has 5 nitrogen and oxygen atoms in total. The van der Waals surface area contributed by atoms with E-state index in [2.05, 4.69) is 51.3 Å². The Morgan fingerprint density at radius 2 is 1.44 bits per heavy atom. The molecule has 0 bridgehead atoms. The van der Waals surface area contributed by atoms with Crippen molar-refractivity contribution in [2.45, 2.75) is 103 Å². The number of hydrogen-bond donors (Lipinski definition) is 0. The fraction of sp³-hybridized carbons (Fsp3) is 1.00. The highest BCUT2D eigenvalue weighted by Gasteiger charge is 2.36. The molecule has 0 aromatic carbocycles. The Labute approximate surface area is 166 Å². The maximum Gasteiger partial charge on any atom is 0.0829 e. The van der Waals surface area contributed by atoms with Gasteiger partial charge < -0.3 is 19.1 Å². The lowest BCUT2D eigenvalue weighted by Crippen LogP contribution is -2.59. The highest BCUT2D eigenvalue weighted by atomic mass is 16.5. The molecule has 2 saturated heterocycles. The summed E-state index contributed by atoms with van der Waals surface area (Å²) >= 11 is 0. The summed E-state index contributed by atoms with van der Waals surface area (Å²) in [5.41, 5.74) is 0.245. The van der Waals surface area contributed by atoms with Crippen LogP contribution in [0, 0.1) is 0 Å². The molecule has 0 aromatic rings. The monoisotopic (exact) mass is 382 g/mol. The van der Waals surface area contributed by atoms with Crippen LogP contribution in [0.5, 0.6) is 0 Å². The zero-order valence-corrected chi connectivity index (χ0v) is 18.5. The molecule has 0 unspecified atom stereocenters. The Morgan fingerprint density at radius 1 is 0.815 bits per heavy atom. The average Bonchev–Trinajstić information content (AvgIpc) is 2.46. The van der Waals surface area contributed by atoms with Crippen molar-refractivity contribution >= 4 is 0 Å². The molecule has 1 aliphatic carbocycles. The van der Waals surface area contributed by atoms with Crippen molar-refractivity contribution < 1.29 is 14.2 Å². The summed E-state index contributed by atoms with van der Waals surface area (Å²) < 4.78 is 18.3. The van der Waals surface area contributed by atoms with Crippen molar-refractivity contribution in [3.8, 4) is 0 Å². The number of nitrogens with zero attached hydrogens (tertiary/aromatic N) is 2. The second kappa shape index (κ2) is 8.66. The molecular weight excluding hydrogens is 340 g/mol. The highest BCUT2D eigenvalue weighted by Crippen LogP contribution is 2.32. The predicted molar refractivity (Wildman–Crippen MR) is 109 cm³/mol. The Bertz CT molecular complexity index is 451. The van der Waals surface area contributed by atoms with Crippen LogP contribution in [0.25, 0.3) is 0 Å². The number of piperidine rings is 1. The van der Waals surface area contributed by atoms with Gasteiger partial charge in [-0.15, -0.1) is 0 Å². The van der Waals surface area contributed by atoms with E-state index in [1.807, 2.05) is 0 Å². The molecule has 3 fully saturated rings. The summed E-state index contributed by atoms with van der Waals surface area (Å²) in [4.78, 5) is 5.02. The van der Waals surface area contributed by atoms with Crippen LogP contribution in [0.15, 0.2) is 0 Å². The van der Waals surface area contributed by atoms with Gasteiger partial charge in [-0.2, -0.15) is 0 Å². The lowest BCUT2D eigenvalue weighted by Gasteiger charge is -2.47. The van der Waals surface area contributed by atoms with E-state index in [4.69, 9.17) is 14.2 Å². The summed E-state index contributed by atoms with van der Waals surface area (Å²) in [5, 5.41) is 0.